The van der Waals surface area contributed by atoms with Crippen molar-refractivity contribution in [3.8, 4) is 11.3 Å². The predicted octanol–water partition coefficient (Wildman–Crippen LogP) is 4.07. The molecule has 0 aliphatic rings. The average Bonchev–Trinajstić information content (AvgIpc) is 3.38. The van der Waals surface area contributed by atoms with Gasteiger partial charge in [0.15, 0.2) is 0 Å². The van der Waals surface area contributed by atoms with Gasteiger partial charge in [-0.2, -0.15) is 0 Å². The van der Waals surface area contributed by atoms with Gasteiger partial charge in [0.05, 0.1) is 29.4 Å². The molecule has 0 radical (unpaired) electrons. The van der Waals surface area contributed by atoms with Crippen molar-refractivity contribution >= 4 is 23.0 Å². The first-order valence-corrected chi connectivity index (χ1v) is 8.83. The summed E-state index contributed by atoms with van der Waals surface area (Å²) in [7, 11) is 1.24. The third kappa shape index (κ3) is 3.64. The molecule has 1 aromatic carbocycles. The number of benzene rings is 1. The zero-order chi connectivity index (χ0) is 21.3. The first kappa shape index (κ1) is 19.3. The maximum absolute atomic E-state index is 13.2. The van der Waals surface area contributed by atoms with Gasteiger partial charge in [0, 0.05) is 5.56 Å². The van der Waals surface area contributed by atoms with E-state index in [9.17, 15) is 14.0 Å². The minimum Gasteiger partial charge on any atom is -0.463 e. The van der Waals surface area contributed by atoms with E-state index in [1.165, 1.54) is 37.4 Å². The summed E-state index contributed by atoms with van der Waals surface area (Å²) in [6, 6.07) is 10.1. The first-order valence-electron chi connectivity index (χ1n) is 8.83. The van der Waals surface area contributed by atoms with E-state index in [1.54, 1.807) is 19.1 Å². The molecule has 0 amide bonds. The summed E-state index contributed by atoms with van der Waals surface area (Å²) in [5.74, 6) is -1.40. The molecule has 0 fully saturated rings. The number of methoxy groups -OCH3 is 1. The highest BCUT2D eigenvalue weighted by Gasteiger charge is 2.21. The van der Waals surface area contributed by atoms with Crippen LogP contribution < -0.4 is 0 Å². The number of esters is 2. The van der Waals surface area contributed by atoms with Crippen LogP contribution in [0.2, 0.25) is 0 Å². The Balaban J connectivity index is 1.64. The Bertz CT molecular complexity index is 1240. The molecule has 4 aromatic rings. The molecule has 0 saturated carbocycles. The monoisotopic (exact) mass is 410 g/mol. The van der Waals surface area contributed by atoms with E-state index < -0.39 is 11.9 Å². The molecule has 0 spiro atoms. The lowest BCUT2D eigenvalue weighted by Gasteiger charge is -2.07. The number of carbonyl (C=O) groups excluding carboxylic acids is 2. The fourth-order valence-corrected chi connectivity index (χ4v) is 2.90. The molecule has 3 heterocycles. The van der Waals surface area contributed by atoms with Crippen LogP contribution in [0.4, 0.5) is 4.39 Å². The lowest BCUT2D eigenvalue weighted by atomic mass is 10.1. The summed E-state index contributed by atoms with van der Waals surface area (Å²) in [5.41, 5.74) is 1.82. The van der Waals surface area contributed by atoms with Gasteiger partial charge in [0.2, 0.25) is 5.76 Å². The van der Waals surface area contributed by atoms with Crippen LogP contribution in [0.1, 0.15) is 32.4 Å². The molecular formula is C21H15FN2O6. The van der Waals surface area contributed by atoms with Crippen molar-refractivity contribution in [3.63, 3.8) is 0 Å². The zero-order valence-electron chi connectivity index (χ0n) is 16.0. The maximum Gasteiger partial charge on any atom is 0.373 e. The molecule has 0 N–H and O–H groups in total. The largest absolute Gasteiger partial charge is 0.463 e. The van der Waals surface area contributed by atoms with Crippen LogP contribution in [0.15, 0.2) is 51.4 Å². The Morgan fingerprint density at radius 1 is 1.10 bits per heavy atom. The predicted molar refractivity (Wildman–Crippen MR) is 101 cm³/mol. The third-order valence-corrected chi connectivity index (χ3v) is 4.37. The van der Waals surface area contributed by atoms with E-state index in [-0.39, 0.29) is 35.2 Å². The fraction of sp³-hybridized carbons (Fsp3) is 0.143. The molecule has 0 unspecified atom stereocenters. The molecule has 152 valence electrons. The van der Waals surface area contributed by atoms with Crippen LogP contribution >= 0.6 is 0 Å². The summed E-state index contributed by atoms with van der Waals surface area (Å²) in [4.78, 5) is 28.6. The maximum atomic E-state index is 13.2. The quantitative estimate of drug-likeness (QED) is 0.454. The summed E-state index contributed by atoms with van der Waals surface area (Å²) in [6.45, 7) is 1.48. The smallest absolute Gasteiger partial charge is 0.373 e. The van der Waals surface area contributed by atoms with Crippen molar-refractivity contribution in [2.45, 2.75) is 13.5 Å². The molecule has 0 aliphatic carbocycles. The van der Waals surface area contributed by atoms with Gasteiger partial charge in [-0.05, 0) is 49.4 Å². The van der Waals surface area contributed by atoms with Crippen molar-refractivity contribution in [3.05, 3.63) is 71.1 Å². The molecule has 8 nitrogen and oxygen atoms in total. The second-order valence-electron chi connectivity index (χ2n) is 6.34. The SMILES string of the molecule is COC(=O)c1ccc(COC(=O)c2cc(-c3ccc(F)cc3)nc3onc(C)c23)o1. The molecule has 0 aliphatic heterocycles. The van der Waals surface area contributed by atoms with E-state index in [4.69, 9.17) is 13.7 Å². The second-order valence-corrected chi connectivity index (χ2v) is 6.34. The van der Waals surface area contributed by atoms with Crippen molar-refractivity contribution in [1.82, 2.24) is 10.1 Å². The number of pyridine rings is 1. The summed E-state index contributed by atoms with van der Waals surface area (Å²) < 4.78 is 33.7. The lowest BCUT2D eigenvalue weighted by Crippen LogP contribution is -2.07. The summed E-state index contributed by atoms with van der Waals surface area (Å²) >= 11 is 0. The van der Waals surface area contributed by atoms with Crippen LogP contribution in [-0.2, 0) is 16.1 Å². The van der Waals surface area contributed by atoms with Gasteiger partial charge in [-0.25, -0.2) is 19.0 Å². The number of fused-ring (bicyclic) bond motifs is 1. The topological polar surface area (TPSA) is 105 Å². The van der Waals surface area contributed by atoms with Crippen LogP contribution in [0.5, 0.6) is 0 Å². The zero-order valence-corrected chi connectivity index (χ0v) is 16.0. The number of aromatic nitrogens is 2. The number of hydrogen-bond acceptors (Lipinski definition) is 8. The Morgan fingerprint density at radius 2 is 1.87 bits per heavy atom. The molecule has 9 heteroatoms. The van der Waals surface area contributed by atoms with Gasteiger partial charge < -0.3 is 18.4 Å². The normalized spacial score (nSPS) is 10.9. The number of ether oxygens (including phenoxy) is 2. The van der Waals surface area contributed by atoms with Crippen LogP contribution in [0, 0.1) is 12.7 Å². The number of hydrogen-bond donors (Lipinski definition) is 0. The molecule has 0 saturated heterocycles. The summed E-state index contributed by atoms with van der Waals surface area (Å²) in [5, 5.41) is 4.28. The molecule has 4 rings (SSSR count). The molecule has 30 heavy (non-hydrogen) atoms. The van der Waals surface area contributed by atoms with Crippen molar-refractivity contribution in [1.29, 1.82) is 0 Å². The Labute approximate surface area is 169 Å². The number of furan rings is 1. The van der Waals surface area contributed by atoms with Crippen molar-refractivity contribution < 1.29 is 32.4 Å². The molecular weight excluding hydrogens is 395 g/mol. The van der Waals surface area contributed by atoms with Gasteiger partial charge in [0.25, 0.3) is 5.71 Å². The second kappa shape index (κ2) is 7.78. The van der Waals surface area contributed by atoms with Gasteiger partial charge >= 0.3 is 11.9 Å². The number of aryl methyl sites for hydroxylation is 1. The highest BCUT2D eigenvalue weighted by atomic mass is 19.1. The highest BCUT2D eigenvalue weighted by Crippen LogP contribution is 2.28. The van der Waals surface area contributed by atoms with E-state index in [0.717, 1.165) is 0 Å². The van der Waals surface area contributed by atoms with Crippen LogP contribution in [-0.4, -0.2) is 29.2 Å². The summed E-state index contributed by atoms with van der Waals surface area (Å²) in [6.07, 6.45) is 0. The molecule has 3 aromatic heterocycles. The highest BCUT2D eigenvalue weighted by molar-refractivity contribution is 6.04. The Morgan fingerprint density at radius 3 is 2.60 bits per heavy atom. The number of rotatable bonds is 5. The number of halogens is 1. The van der Waals surface area contributed by atoms with Crippen LogP contribution in [0.3, 0.4) is 0 Å². The number of carbonyl (C=O) groups is 2. The van der Waals surface area contributed by atoms with Gasteiger partial charge in [-0.3, -0.25) is 0 Å². The fourth-order valence-electron chi connectivity index (χ4n) is 2.90. The minimum atomic E-state index is -0.659. The van der Waals surface area contributed by atoms with Crippen LogP contribution in [0.25, 0.3) is 22.4 Å². The van der Waals surface area contributed by atoms with Gasteiger partial charge in [-0.1, -0.05) is 5.16 Å². The van der Waals surface area contributed by atoms with Gasteiger partial charge in [0.1, 0.15) is 18.2 Å². The van der Waals surface area contributed by atoms with E-state index >= 15 is 0 Å². The minimum absolute atomic E-state index is 0.00308. The standard InChI is InChI=1S/C21H15FN2O6/c1-11-18-15(20(25)28-10-14-7-8-17(29-14)21(26)27-2)9-16(23-19(18)30-24-11)12-3-5-13(22)6-4-12/h3-9H,10H2,1-2H3. The molecule has 0 bridgehead atoms. The Kier molecular flexibility index (Phi) is 5.01. The molecule has 0 atom stereocenters. The van der Waals surface area contributed by atoms with E-state index in [1.807, 2.05) is 0 Å². The van der Waals surface area contributed by atoms with E-state index in [2.05, 4.69) is 14.9 Å². The van der Waals surface area contributed by atoms with E-state index in [0.29, 0.717) is 22.3 Å². The Hall–Kier alpha value is -4.01. The van der Waals surface area contributed by atoms with Gasteiger partial charge in [-0.15, -0.1) is 0 Å². The third-order valence-electron chi connectivity index (χ3n) is 4.37. The average molecular weight is 410 g/mol. The first-order chi connectivity index (χ1) is 14.5. The lowest BCUT2D eigenvalue weighted by molar-refractivity contribution is 0.0440. The van der Waals surface area contributed by atoms with Crippen molar-refractivity contribution in [2.24, 2.45) is 0 Å². The number of nitrogens with zero attached hydrogens (tertiary/aromatic N) is 2. The van der Waals surface area contributed by atoms with Crippen molar-refractivity contribution in [2.75, 3.05) is 7.11 Å².